The van der Waals surface area contributed by atoms with Gasteiger partial charge < -0.3 is 5.73 Å². The van der Waals surface area contributed by atoms with E-state index in [0.29, 0.717) is 11.4 Å². The van der Waals surface area contributed by atoms with Crippen LogP contribution in [0.15, 0.2) is 48.8 Å². The van der Waals surface area contributed by atoms with Crippen LogP contribution in [0.2, 0.25) is 0 Å². The lowest BCUT2D eigenvalue weighted by Gasteiger charge is -2.08. The Morgan fingerprint density at radius 2 is 1.95 bits per heavy atom. The fourth-order valence-corrected chi connectivity index (χ4v) is 2.06. The number of nitrogens with zero attached hydrogens (tertiary/aromatic N) is 3. The summed E-state index contributed by atoms with van der Waals surface area (Å²) < 4.78 is 0. The lowest BCUT2D eigenvalue weighted by atomic mass is 10.0. The molecule has 3 aromatic rings. The number of pyridine rings is 2. The van der Waals surface area contributed by atoms with Crippen molar-refractivity contribution in [1.29, 1.82) is 5.26 Å². The number of rotatable bonds is 1. The van der Waals surface area contributed by atoms with Gasteiger partial charge in [0.2, 0.25) is 0 Å². The van der Waals surface area contributed by atoms with Crippen molar-refractivity contribution in [1.82, 2.24) is 9.97 Å². The first-order valence-corrected chi connectivity index (χ1v) is 5.79. The maximum Gasteiger partial charge on any atom is 0.149 e. The van der Waals surface area contributed by atoms with Crippen LogP contribution in [0.25, 0.3) is 22.0 Å². The van der Waals surface area contributed by atoms with Crippen molar-refractivity contribution in [2.75, 3.05) is 5.73 Å². The van der Waals surface area contributed by atoms with Crippen LogP contribution in [0, 0.1) is 11.3 Å². The highest BCUT2D eigenvalue weighted by molar-refractivity contribution is 5.88. The molecule has 4 heteroatoms. The van der Waals surface area contributed by atoms with E-state index in [1.54, 1.807) is 18.5 Å². The number of aromatic nitrogens is 2. The summed E-state index contributed by atoms with van der Waals surface area (Å²) in [6, 6.07) is 13.5. The highest BCUT2D eigenvalue weighted by atomic mass is 14.7. The summed E-state index contributed by atoms with van der Waals surface area (Å²) in [5, 5.41) is 10.2. The molecule has 0 unspecified atom stereocenters. The molecule has 0 saturated carbocycles. The quantitative estimate of drug-likeness (QED) is 0.716. The molecule has 0 saturated heterocycles. The van der Waals surface area contributed by atoms with Gasteiger partial charge in [-0.2, -0.15) is 5.26 Å². The van der Waals surface area contributed by atoms with Crippen molar-refractivity contribution in [2.24, 2.45) is 0 Å². The summed E-state index contributed by atoms with van der Waals surface area (Å²) >= 11 is 0. The molecule has 0 fully saturated rings. The van der Waals surface area contributed by atoms with E-state index in [-0.39, 0.29) is 0 Å². The molecule has 0 atom stereocenters. The molecule has 0 aliphatic rings. The second-order valence-corrected chi connectivity index (χ2v) is 4.15. The molecule has 0 spiro atoms. The maximum atomic E-state index is 9.26. The second kappa shape index (κ2) is 4.39. The molecule has 0 aliphatic carbocycles. The topological polar surface area (TPSA) is 75.6 Å². The van der Waals surface area contributed by atoms with Gasteiger partial charge in [-0.15, -0.1) is 0 Å². The maximum absolute atomic E-state index is 9.26. The molecule has 19 heavy (non-hydrogen) atoms. The van der Waals surface area contributed by atoms with Gasteiger partial charge in [0.15, 0.2) is 0 Å². The summed E-state index contributed by atoms with van der Waals surface area (Å²) in [6.45, 7) is 0. The van der Waals surface area contributed by atoms with E-state index in [1.165, 1.54) is 0 Å². The van der Waals surface area contributed by atoms with Crippen molar-refractivity contribution < 1.29 is 0 Å². The predicted octanol–water partition coefficient (Wildman–Crippen LogP) is 2.75. The molecular formula is C15H10N4. The largest absolute Gasteiger partial charge is 0.397 e. The van der Waals surface area contributed by atoms with E-state index in [2.05, 4.69) is 16.0 Å². The smallest absolute Gasteiger partial charge is 0.149 e. The van der Waals surface area contributed by atoms with E-state index in [1.807, 2.05) is 30.3 Å². The Morgan fingerprint density at radius 1 is 1.11 bits per heavy atom. The van der Waals surface area contributed by atoms with E-state index >= 15 is 0 Å². The summed E-state index contributed by atoms with van der Waals surface area (Å²) in [5.41, 5.74) is 9.15. The zero-order chi connectivity index (χ0) is 13.2. The molecular weight excluding hydrogens is 236 g/mol. The molecule has 90 valence electrons. The SMILES string of the molecule is N#Cc1nc2ccccc2cc1-c1ccncc1N. The van der Waals surface area contributed by atoms with Gasteiger partial charge in [0.1, 0.15) is 11.8 Å². The average Bonchev–Trinajstić information content (AvgIpc) is 2.46. The van der Waals surface area contributed by atoms with Crippen molar-refractivity contribution in [2.45, 2.75) is 0 Å². The molecule has 0 aliphatic heterocycles. The summed E-state index contributed by atoms with van der Waals surface area (Å²) in [7, 11) is 0. The number of nitrogens with two attached hydrogens (primary N) is 1. The molecule has 1 aromatic carbocycles. The first-order chi connectivity index (χ1) is 9.29. The first kappa shape index (κ1) is 11.2. The van der Waals surface area contributed by atoms with Crippen LogP contribution in [0.1, 0.15) is 5.69 Å². The van der Waals surface area contributed by atoms with Gasteiger partial charge in [-0.05, 0) is 18.2 Å². The van der Waals surface area contributed by atoms with Crippen LogP contribution in [-0.4, -0.2) is 9.97 Å². The average molecular weight is 246 g/mol. The Bertz CT molecular complexity index is 803. The Balaban J connectivity index is 2.35. The molecule has 0 bridgehead atoms. The molecule has 0 radical (unpaired) electrons. The van der Waals surface area contributed by atoms with Gasteiger partial charge in [-0.25, -0.2) is 4.98 Å². The Kier molecular flexibility index (Phi) is 2.58. The molecule has 0 amide bonds. The fourth-order valence-electron chi connectivity index (χ4n) is 2.06. The number of fused-ring (bicyclic) bond motifs is 1. The molecule has 4 nitrogen and oxygen atoms in total. The van der Waals surface area contributed by atoms with Crippen LogP contribution in [0.4, 0.5) is 5.69 Å². The van der Waals surface area contributed by atoms with Gasteiger partial charge in [-0.1, -0.05) is 18.2 Å². The minimum atomic E-state index is 0.372. The molecule has 2 heterocycles. The summed E-state index contributed by atoms with van der Waals surface area (Å²) in [4.78, 5) is 8.33. The van der Waals surface area contributed by atoms with E-state index in [0.717, 1.165) is 22.0 Å². The molecule has 2 aromatic heterocycles. The molecule has 2 N–H and O–H groups in total. The van der Waals surface area contributed by atoms with Crippen LogP contribution in [-0.2, 0) is 0 Å². The minimum Gasteiger partial charge on any atom is -0.397 e. The predicted molar refractivity (Wildman–Crippen MR) is 74.1 cm³/mol. The number of hydrogen-bond donors (Lipinski definition) is 1. The van der Waals surface area contributed by atoms with Crippen molar-refractivity contribution >= 4 is 16.6 Å². The lowest BCUT2D eigenvalue weighted by Crippen LogP contribution is -1.95. The van der Waals surface area contributed by atoms with Gasteiger partial charge in [0.25, 0.3) is 0 Å². The number of para-hydroxylation sites is 1. The van der Waals surface area contributed by atoms with E-state index in [4.69, 9.17) is 5.73 Å². The highest BCUT2D eigenvalue weighted by Gasteiger charge is 2.10. The van der Waals surface area contributed by atoms with Gasteiger partial charge in [-0.3, -0.25) is 4.98 Å². The van der Waals surface area contributed by atoms with Crippen LogP contribution in [0.3, 0.4) is 0 Å². The first-order valence-electron chi connectivity index (χ1n) is 5.79. The number of nitrogen functional groups attached to an aromatic ring is 1. The minimum absolute atomic E-state index is 0.372. The Morgan fingerprint density at radius 3 is 2.74 bits per heavy atom. The third kappa shape index (κ3) is 1.87. The normalized spacial score (nSPS) is 10.3. The van der Waals surface area contributed by atoms with Gasteiger partial charge in [0.05, 0.1) is 17.4 Å². The second-order valence-electron chi connectivity index (χ2n) is 4.15. The fraction of sp³-hybridized carbons (Fsp3) is 0. The molecule has 3 rings (SSSR count). The Labute approximate surface area is 110 Å². The van der Waals surface area contributed by atoms with E-state index < -0.39 is 0 Å². The zero-order valence-electron chi connectivity index (χ0n) is 10.0. The van der Waals surface area contributed by atoms with Crippen LogP contribution in [0.5, 0.6) is 0 Å². The van der Waals surface area contributed by atoms with Gasteiger partial charge in [0, 0.05) is 22.7 Å². The van der Waals surface area contributed by atoms with Crippen molar-refractivity contribution in [3.05, 3.63) is 54.5 Å². The summed E-state index contributed by atoms with van der Waals surface area (Å²) in [5.74, 6) is 0. The van der Waals surface area contributed by atoms with Crippen molar-refractivity contribution in [3.8, 4) is 17.2 Å². The van der Waals surface area contributed by atoms with Gasteiger partial charge >= 0.3 is 0 Å². The Hall–Kier alpha value is -2.93. The van der Waals surface area contributed by atoms with Crippen LogP contribution >= 0.6 is 0 Å². The summed E-state index contributed by atoms with van der Waals surface area (Å²) in [6.07, 6.45) is 3.23. The standard InChI is InChI=1S/C15H10N4/c16-8-15-12(11-5-6-18-9-13(11)17)7-10-3-1-2-4-14(10)19-15/h1-7,9H,17H2. The number of benzene rings is 1. The third-order valence-corrected chi connectivity index (χ3v) is 2.97. The number of nitriles is 1. The van der Waals surface area contributed by atoms with Crippen LogP contribution < -0.4 is 5.73 Å². The lowest BCUT2D eigenvalue weighted by molar-refractivity contribution is 1.30. The van der Waals surface area contributed by atoms with Crippen molar-refractivity contribution in [3.63, 3.8) is 0 Å². The third-order valence-electron chi connectivity index (χ3n) is 2.97. The monoisotopic (exact) mass is 246 g/mol. The highest BCUT2D eigenvalue weighted by Crippen LogP contribution is 2.29. The number of anilines is 1. The van der Waals surface area contributed by atoms with E-state index in [9.17, 15) is 5.26 Å². The zero-order valence-corrected chi connectivity index (χ0v) is 10.0. The number of hydrogen-bond acceptors (Lipinski definition) is 4.